The summed E-state index contributed by atoms with van der Waals surface area (Å²) in [6, 6.07) is 32.0. The van der Waals surface area contributed by atoms with Gasteiger partial charge in [-0.1, -0.05) is 116 Å². The van der Waals surface area contributed by atoms with Crippen molar-refractivity contribution in [3.63, 3.8) is 0 Å². The fourth-order valence-corrected chi connectivity index (χ4v) is 6.67. The molecule has 1 aromatic heterocycles. The topological polar surface area (TPSA) is 69.9 Å². The Morgan fingerprint density at radius 3 is 2.46 bits per heavy atom. The highest BCUT2D eigenvalue weighted by Gasteiger charge is 2.35. The van der Waals surface area contributed by atoms with Gasteiger partial charge in [0.25, 0.3) is 5.56 Å². The molecule has 0 N–H and O–H groups in total. The summed E-state index contributed by atoms with van der Waals surface area (Å²) in [4.78, 5) is 33.4. The molecule has 1 aliphatic heterocycles. The second kappa shape index (κ2) is 13.7. The number of esters is 1. The third-order valence-electron chi connectivity index (χ3n) is 7.74. The summed E-state index contributed by atoms with van der Waals surface area (Å²) in [7, 11) is 0. The molecule has 232 valence electrons. The fraction of sp³-hybridized carbons (Fsp3) is 0.184. The molecule has 1 atom stereocenters. The highest BCUT2D eigenvalue weighted by molar-refractivity contribution is 7.07. The minimum atomic E-state index is -0.721. The van der Waals surface area contributed by atoms with Crippen LogP contribution in [0.4, 0.5) is 0 Å². The van der Waals surface area contributed by atoms with Crippen molar-refractivity contribution in [3.8, 4) is 5.75 Å². The molecule has 0 fully saturated rings. The predicted molar refractivity (Wildman–Crippen MR) is 184 cm³/mol. The number of halogens is 1. The Kier molecular flexibility index (Phi) is 9.33. The summed E-state index contributed by atoms with van der Waals surface area (Å²) in [6.07, 6.45) is 1.84. The Balaban J connectivity index is 1.48. The summed E-state index contributed by atoms with van der Waals surface area (Å²) < 4.78 is 13.7. The van der Waals surface area contributed by atoms with Crippen LogP contribution in [-0.4, -0.2) is 17.1 Å². The SMILES string of the molecule is CCOC(=O)C1=C(c2ccccc2)N=c2s/c(=C\c3cccc(OCc4cccc(Cl)c4)c3)c(=O)n2[C@H]1c1ccc(C(C)C)cc1. The third-order valence-corrected chi connectivity index (χ3v) is 8.96. The number of aromatic nitrogens is 1. The molecule has 4 aromatic carbocycles. The molecule has 6 nitrogen and oxygen atoms in total. The molecule has 6 rings (SSSR count). The first kappa shape index (κ1) is 31.3. The van der Waals surface area contributed by atoms with Gasteiger partial charge in [-0.2, -0.15) is 0 Å². The number of ether oxygens (including phenoxy) is 2. The third kappa shape index (κ3) is 6.62. The Morgan fingerprint density at radius 2 is 1.74 bits per heavy atom. The lowest BCUT2D eigenvalue weighted by atomic mass is 9.91. The van der Waals surface area contributed by atoms with Gasteiger partial charge < -0.3 is 9.47 Å². The van der Waals surface area contributed by atoms with Gasteiger partial charge in [0.15, 0.2) is 4.80 Å². The molecule has 8 heteroatoms. The molecule has 1 aliphatic rings. The van der Waals surface area contributed by atoms with Crippen LogP contribution >= 0.6 is 22.9 Å². The van der Waals surface area contributed by atoms with Crippen molar-refractivity contribution < 1.29 is 14.3 Å². The van der Waals surface area contributed by atoms with Crippen molar-refractivity contribution in [2.45, 2.75) is 39.3 Å². The van der Waals surface area contributed by atoms with Gasteiger partial charge >= 0.3 is 5.97 Å². The molecule has 0 amide bonds. The molecule has 0 saturated heterocycles. The van der Waals surface area contributed by atoms with Crippen molar-refractivity contribution in [2.75, 3.05) is 6.61 Å². The number of carbonyl (C=O) groups is 1. The van der Waals surface area contributed by atoms with E-state index in [1.807, 2.05) is 97.1 Å². The number of hydrogen-bond acceptors (Lipinski definition) is 6. The molecule has 0 saturated carbocycles. The summed E-state index contributed by atoms with van der Waals surface area (Å²) in [5.41, 5.74) is 5.11. The average Bonchev–Trinajstić information content (AvgIpc) is 3.37. The maximum atomic E-state index is 14.2. The van der Waals surface area contributed by atoms with Gasteiger partial charge in [0.2, 0.25) is 0 Å². The molecule has 0 aliphatic carbocycles. The highest BCUT2D eigenvalue weighted by Crippen LogP contribution is 2.35. The molecule has 0 radical (unpaired) electrons. The molecule has 0 unspecified atom stereocenters. The quantitative estimate of drug-likeness (QED) is 0.157. The maximum Gasteiger partial charge on any atom is 0.338 e. The Labute approximate surface area is 276 Å². The van der Waals surface area contributed by atoms with E-state index in [2.05, 4.69) is 26.0 Å². The molecule has 5 aromatic rings. The van der Waals surface area contributed by atoms with Crippen molar-refractivity contribution in [3.05, 3.63) is 161 Å². The first-order valence-corrected chi connectivity index (χ1v) is 16.4. The minimum absolute atomic E-state index is 0.198. The van der Waals surface area contributed by atoms with Crippen LogP contribution in [0.5, 0.6) is 5.75 Å². The zero-order chi connectivity index (χ0) is 32.2. The summed E-state index contributed by atoms with van der Waals surface area (Å²) in [5, 5.41) is 0.654. The van der Waals surface area contributed by atoms with Crippen LogP contribution in [0, 0.1) is 0 Å². The summed E-state index contributed by atoms with van der Waals surface area (Å²) in [5.74, 6) is 0.503. The Morgan fingerprint density at radius 1 is 0.978 bits per heavy atom. The molecule has 46 heavy (non-hydrogen) atoms. The van der Waals surface area contributed by atoms with E-state index in [-0.39, 0.29) is 12.2 Å². The van der Waals surface area contributed by atoms with E-state index in [0.717, 1.165) is 22.3 Å². The lowest BCUT2D eigenvalue weighted by Crippen LogP contribution is -2.40. The van der Waals surface area contributed by atoms with Crippen LogP contribution in [0.15, 0.2) is 118 Å². The van der Waals surface area contributed by atoms with E-state index in [9.17, 15) is 9.59 Å². The Hall–Kier alpha value is -4.72. The summed E-state index contributed by atoms with van der Waals surface area (Å²) in [6.45, 7) is 6.60. The fourth-order valence-electron chi connectivity index (χ4n) is 5.46. The van der Waals surface area contributed by atoms with Gasteiger partial charge in [-0.15, -0.1) is 0 Å². The van der Waals surface area contributed by atoms with Gasteiger partial charge in [-0.05, 0) is 65.4 Å². The standard InChI is InChI=1S/C38H33ClN2O4S/c1-4-44-37(43)33-34(28-12-6-5-7-13-28)40-38-41(35(33)29-18-16-27(17-19-29)24(2)3)36(42)32(46-38)22-25-10-9-15-31(21-25)45-23-26-11-8-14-30(39)20-26/h5-22,24,35H,4,23H2,1-3H3/b32-22-/t35-/m0/s1. The number of rotatable bonds is 9. The van der Waals surface area contributed by atoms with Gasteiger partial charge in [-0.3, -0.25) is 9.36 Å². The number of fused-ring (bicyclic) bond motifs is 1. The van der Waals surface area contributed by atoms with E-state index in [4.69, 9.17) is 26.1 Å². The molecular formula is C38H33ClN2O4S. The average molecular weight is 649 g/mol. The van der Waals surface area contributed by atoms with Crippen molar-refractivity contribution >= 4 is 40.7 Å². The van der Waals surface area contributed by atoms with Gasteiger partial charge in [0.05, 0.1) is 28.5 Å². The van der Waals surface area contributed by atoms with Crippen molar-refractivity contribution in [1.82, 2.24) is 4.57 Å². The minimum Gasteiger partial charge on any atom is -0.489 e. The normalized spacial score (nSPS) is 14.6. The number of carbonyl (C=O) groups excluding carboxylic acids is 1. The van der Waals surface area contributed by atoms with Crippen molar-refractivity contribution in [2.24, 2.45) is 4.99 Å². The maximum absolute atomic E-state index is 14.2. The lowest BCUT2D eigenvalue weighted by molar-refractivity contribution is -0.138. The monoisotopic (exact) mass is 648 g/mol. The number of thiazole rings is 1. The first-order valence-electron chi connectivity index (χ1n) is 15.2. The lowest BCUT2D eigenvalue weighted by Gasteiger charge is -2.26. The van der Waals surface area contributed by atoms with E-state index in [0.29, 0.717) is 43.9 Å². The zero-order valence-electron chi connectivity index (χ0n) is 25.8. The van der Waals surface area contributed by atoms with Gasteiger partial charge in [0, 0.05) is 10.6 Å². The number of hydrogen-bond donors (Lipinski definition) is 0. The van der Waals surface area contributed by atoms with Gasteiger partial charge in [-0.25, -0.2) is 9.79 Å². The molecule has 2 heterocycles. The van der Waals surface area contributed by atoms with Crippen molar-refractivity contribution in [1.29, 1.82) is 0 Å². The van der Waals surface area contributed by atoms with Crippen LogP contribution in [0.2, 0.25) is 5.02 Å². The number of nitrogens with zero attached hydrogens (tertiary/aromatic N) is 2. The van der Waals surface area contributed by atoms with Crippen LogP contribution in [-0.2, 0) is 16.1 Å². The van der Waals surface area contributed by atoms with Crippen LogP contribution in [0.1, 0.15) is 60.5 Å². The highest BCUT2D eigenvalue weighted by atomic mass is 35.5. The number of benzene rings is 4. The smallest absolute Gasteiger partial charge is 0.338 e. The largest absolute Gasteiger partial charge is 0.489 e. The van der Waals surface area contributed by atoms with E-state index in [1.165, 1.54) is 16.9 Å². The van der Waals surface area contributed by atoms with Crippen LogP contribution in [0.25, 0.3) is 11.8 Å². The molecule has 0 spiro atoms. The molecule has 0 bridgehead atoms. The second-order valence-electron chi connectivity index (χ2n) is 11.2. The van der Waals surface area contributed by atoms with Crippen LogP contribution in [0.3, 0.4) is 0 Å². The van der Waals surface area contributed by atoms with E-state index < -0.39 is 12.0 Å². The van der Waals surface area contributed by atoms with Gasteiger partial charge in [0.1, 0.15) is 12.4 Å². The predicted octanol–water partition coefficient (Wildman–Crippen LogP) is 7.29. The molecular weight excluding hydrogens is 616 g/mol. The van der Waals surface area contributed by atoms with Crippen LogP contribution < -0.4 is 19.6 Å². The second-order valence-corrected chi connectivity index (χ2v) is 12.7. The Bertz CT molecular complexity index is 2100. The van der Waals surface area contributed by atoms with E-state index >= 15 is 0 Å². The zero-order valence-corrected chi connectivity index (χ0v) is 27.3. The summed E-state index contributed by atoms with van der Waals surface area (Å²) >= 11 is 7.42. The first-order chi connectivity index (χ1) is 22.3. The van der Waals surface area contributed by atoms with E-state index in [1.54, 1.807) is 11.5 Å².